The van der Waals surface area contributed by atoms with Crippen LogP contribution in [0.15, 0.2) is 34.4 Å². The zero-order valence-corrected chi connectivity index (χ0v) is 17.4. The van der Waals surface area contributed by atoms with Crippen LogP contribution in [0.5, 0.6) is 0 Å². The van der Waals surface area contributed by atoms with Crippen molar-refractivity contribution in [1.82, 2.24) is 9.88 Å². The van der Waals surface area contributed by atoms with Gasteiger partial charge in [0, 0.05) is 23.8 Å². The number of hydrogen-bond donors (Lipinski definition) is 3. The fraction of sp³-hybridized carbons (Fsp3) is 0.222. The maximum atomic E-state index is 14.3. The van der Waals surface area contributed by atoms with Crippen molar-refractivity contribution in [3.8, 4) is 0 Å². The van der Waals surface area contributed by atoms with Gasteiger partial charge in [0.15, 0.2) is 0 Å². The quantitative estimate of drug-likeness (QED) is 0.358. The van der Waals surface area contributed by atoms with Gasteiger partial charge in [0.1, 0.15) is 11.6 Å². The molecule has 142 valence electrons. The average molecular weight is 501 g/mol. The van der Waals surface area contributed by atoms with E-state index in [0.29, 0.717) is 23.1 Å². The number of carbonyl (C=O) groups is 1. The Morgan fingerprint density at radius 3 is 2.85 bits per heavy atom. The molecular weight excluding hydrogens is 484 g/mol. The number of benzene rings is 1. The summed E-state index contributed by atoms with van der Waals surface area (Å²) in [5, 5.41) is 16.7. The smallest absolute Gasteiger partial charge is 0.260 e. The molecule has 9 heteroatoms. The second-order valence-corrected chi connectivity index (χ2v) is 8.00. The van der Waals surface area contributed by atoms with Gasteiger partial charge >= 0.3 is 0 Å². The van der Waals surface area contributed by atoms with E-state index in [1.54, 1.807) is 23.6 Å². The molecular formula is C18H17FIN3O3S. The lowest BCUT2D eigenvalue weighted by Gasteiger charge is -2.17. The van der Waals surface area contributed by atoms with Gasteiger partial charge in [-0.1, -0.05) is 0 Å². The molecule has 3 rings (SSSR count). The van der Waals surface area contributed by atoms with E-state index in [2.05, 4.69) is 10.6 Å². The second kappa shape index (κ2) is 8.36. The van der Waals surface area contributed by atoms with E-state index in [4.69, 9.17) is 5.11 Å². The molecule has 2 aromatic heterocycles. The number of halogens is 2. The molecule has 0 aliphatic heterocycles. The first-order valence-corrected chi connectivity index (χ1v) is 10.1. The number of anilines is 2. The van der Waals surface area contributed by atoms with Crippen LogP contribution in [-0.4, -0.2) is 28.7 Å². The Hall–Kier alpha value is -1.98. The van der Waals surface area contributed by atoms with Gasteiger partial charge in [-0.2, -0.15) is 0 Å². The molecule has 0 unspecified atom stereocenters. The Kier molecular flexibility index (Phi) is 6.12. The fourth-order valence-corrected chi connectivity index (χ4v) is 4.06. The van der Waals surface area contributed by atoms with Gasteiger partial charge in [-0.15, -0.1) is 11.3 Å². The third-order valence-electron chi connectivity index (χ3n) is 4.03. The van der Waals surface area contributed by atoms with Crippen molar-refractivity contribution in [2.75, 3.05) is 18.5 Å². The highest BCUT2D eigenvalue weighted by molar-refractivity contribution is 14.1. The van der Waals surface area contributed by atoms with E-state index < -0.39 is 5.82 Å². The molecule has 0 spiro atoms. The van der Waals surface area contributed by atoms with E-state index in [9.17, 15) is 14.0 Å². The lowest BCUT2D eigenvalue weighted by molar-refractivity contribution is 0.0953. The first kappa shape index (κ1) is 19.8. The predicted molar refractivity (Wildman–Crippen MR) is 114 cm³/mol. The molecule has 27 heavy (non-hydrogen) atoms. The van der Waals surface area contributed by atoms with Crippen molar-refractivity contribution < 1.29 is 14.3 Å². The predicted octanol–water partition coefficient (Wildman–Crippen LogP) is 3.20. The van der Waals surface area contributed by atoms with Crippen LogP contribution in [0.4, 0.5) is 15.9 Å². The zero-order valence-electron chi connectivity index (χ0n) is 14.4. The Morgan fingerprint density at radius 2 is 2.15 bits per heavy atom. The van der Waals surface area contributed by atoms with Crippen LogP contribution >= 0.6 is 33.9 Å². The van der Waals surface area contributed by atoms with Gasteiger partial charge in [0.05, 0.1) is 21.3 Å². The third-order valence-corrected chi connectivity index (χ3v) is 5.63. The largest absolute Gasteiger partial charge is 0.396 e. The number of nitrogens with one attached hydrogen (secondary N) is 2. The molecule has 0 saturated carbocycles. The van der Waals surface area contributed by atoms with Crippen molar-refractivity contribution in [2.24, 2.45) is 7.05 Å². The van der Waals surface area contributed by atoms with Crippen molar-refractivity contribution in [3.63, 3.8) is 0 Å². The number of carbonyl (C=O) groups excluding carboxylic acids is 1. The summed E-state index contributed by atoms with van der Waals surface area (Å²) in [6.07, 6.45) is 0.416. The van der Waals surface area contributed by atoms with E-state index in [1.165, 1.54) is 29.0 Å². The zero-order chi connectivity index (χ0) is 19.6. The number of pyridine rings is 1. The number of hydrogen-bond acceptors (Lipinski definition) is 5. The molecule has 0 fully saturated rings. The fourth-order valence-electron chi connectivity index (χ4n) is 2.67. The minimum absolute atomic E-state index is 0.0407. The van der Waals surface area contributed by atoms with Gasteiger partial charge in [0.25, 0.3) is 11.5 Å². The molecule has 0 saturated heterocycles. The summed E-state index contributed by atoms with van der Waals surface area (Å²) in [7, 11) is 1.54. The molecule has 3 aromatic rings. The highest BCUT2D eigenvalue weighted by atomic mass is 127. The molecule has 0 radical (unpaired) electrons. The Morgan fingerprint density at radius 1 is 1.37 bits per heavy atom. The summed E-state index contributed by atoms with van der Waals surface area (Å²) in [5.74, 6) is -0.649. The van der Waals surface area contributed by atoms with E-state index in [-0.39, 0.29) is 35.1 Å². The van der Waals surface area contributed by atoms with E-state index in [1.807, 2.05) is 22.6 Å². The molecule has 6 nitrogen and oxygen atoms in total. The molecule has 0 aliphatic carbocycles. The normalized spacial score (nSPS) is 11.0. The molecule has 2 heterocycles. The van der Waals surface area contributed by atoms with Crippen LogP contribution < -0.4 is 16.2 Å². The SMILES string of the molecule is Cn1c(Nc2ccc(I)cc2F)c(C(=O)NCCCO)c2sccc2c1=O. The Labute approximate surface area is 172 Å². The molecule has 0 atom stereocenters. The van der Waals surface area contributed by atoms with Crippen molar-refractivity contribution in [3.05, 3.63) is 55.0 Å². The van der Waals surface area contributed by atoms with Crippen LogP contribution in [0.1, 0.15) is 16.8 Å². The van der Waals surface area contributed by atoms with Crippen molar-refractivity contribution in [1.29, 1.82) is 0 Å². The molecule has 1 amide bonds. The first-order valence-electron chi connectivity index (χ1n) is 8.15. The summed E-state index contributed by atoms with van der Waals surface area (Å²) in [4.78, 5) is 25.5. The molecule has 1 aromatic carbocycles. The summed E-state index contributed by atoms with van der Waals surface area (Å²) >= 11 is 3.28. The summed E-state index contributed by atoms with van der Waals surface area (Å²) in [6.45, 7) is 0.253. The van der Waals surface area contributed by atoms with Gasteiger partial charge in [-0.25, -0.2) is 4.39 Å². The summed E-state index contributed by atoms with van der Waals surface area (Å²) in [5.41, 5.74) is 0.176. The maximum Gasteiger partial charge on any atom is 0.260 e. The van der Waals surface area contributed by atoms with E-state index >= 15 is 0 Å². The highest BCUT2D eigenvalue weighted by Gasteiger charge is 2.22. The minimum Gasteiger partial charge on any atom is -0.396 e. The number of amides is 1. The lowest BCUT2D eigenvalue weighted by Crippen LogP contribution is -2.29. The lowest BCUT2D eigenvalue weighted by atomic mass is 10.1. The van der Waals surface area contributed by atoms with Crippen LogP contribution in [-0.2, 0) is 7.05 Å². The number of fused-ring (bicyclic) bond motifs is 1. The number of aromatic nitrogens is 1. The standard InChI is InChI=1S/C18H17FIN3O3S/c1-23-16(22-13-4-3-10(20)9-12(13)19)14(17(25)21-6-2-7-24)15-11(18(23)26)5-8-27-15/h3-5,8-9,22,24H,2,6-7H2,1H3,(H,21,25). The minimum atomic E-state index is -0.479. The number of aliphatic hydroxyl groups is 1. The van der Waals surface area contributed by atoms with E-state index in [0.717, 1.165) is 3.57 Å². The average Bonchev–Trinajstić information content (AvgIpc) is 3.11. The van der Waals surface area contributed by atoms with Crippen LogP contribution in [0.2, 0.25) is 0 Å². The monoisotopic (exact) mass is 501 g/mol. The summed E-state index contributed by atoms with van der Waals surface area (Å²) in [6, 6.07) is 6.33. The Bertz CT molecular complexity index is 1060. The van der Waals surface area contributed by atoms with Crippen LogP contribution in [0, 0.1) is 9.39 Å². The number of nitrogens with zero attached hydrogens (tertiary/aromatic N) is 1. The summed E-state index contributed by atoms with van der Waals surface area (Å²) < 4.78 is 16.9. The Balaban J connectivity index is 2.14. The van der Waals surface area contributed by atoms with Crippen LogP contribution in [0.25, 0.3) is 10.1 Å². The van der Waals surface area contributed by atoms with Gasteiger partial charge in [-0.05, 0) is 58.7 Å². The van der Waals surface area contributed by atoms with Crippen molar-refractivity contribution in [2.45, 2.75) is 6.42 Å². The van der Waals surface area contributed by atoms with Crippen LogP contribution in [0.3, 0.4) is 0 Å². The maximum absolute atomic E-state index is 14.3. The van der Waals surface area contributed by atoms with Gasteiger partial charge in [-0.3, -0.25) is 14.2 Å². The topological polar surface area (TPSA) is 83.4 Å². The highest BCUT2D eigenvalue weighted by Crippen LogP contribution is 2.30. The number of thiophene rings is 1. The first-order chi connectivity index (χ1) is 12.9. The second-order valence-electron chi connectivity index (χ2n) is 5.83. The third kappa shape index (κ3) is 3.99. The van der Waals surface area contributed by atoms with Crippen molar-refractivity contribution >= 4 is 61.4 Å². The number of aliphatic hydroxyl groups excluding tert-OH is 1. The van der Waals surface area contributed by atoms with Gasteiger partial charge in [0.2, 0.25) is 0 Å². The molecule has 0 aliphatic rings. The van der Waals surface area contributed by atoms with Gasteiger partial charge < -0.3 is 15.7 Å². The molecule has 3 N–H and O–H groups in total. The number of rotatable bonds is 6. The molecule has 0 bridgehead atoms.